The third-order valence-corrected chi connectivity index (χ3v) is 8.84. The predicted octanol–water partition coefficient (Wildman–Crippen LogP) is 5.36. The van der Waals surface area contributed by atoms with E-state index in [-0.39, 0.29) is 28.6 Å². The molecule has 0 aliphatic heterocycles. The van der Waals surface area contributed by atoms with Crippen LogP contribution >= 0.6 is 23.2 Å². The first-order valence-electron chi connectivity index (χ1n) is 13.2. The van der Waals surface area contributed by atoms with Crippen molar-refractivity contribution in [2.45, 2.75) is 44.7 Å². The van der Waals surface area contributed by atoms with Gasteiger partial charge in [-0.15, -0.1) is 0 Å². The van der Waals surface area contributed by atoms with E-state index in [1.165, 1.54) is 56.2 Å². The number of nitro benzene ring substituents is 1. The van der Waals surface area contributed by atoms with Crippen LogP contribution < -0.4 is 14.4 Å². The fourth-order valence-corrected chi connectivity index (χ4v) is 6.07. The topological polar surface area (TPSA) is 139 Å². The number of hydrogen-bond acceptors (Lipinski definition) is 7. The number of nitrogens with one attached hydrogen (secondary N) is 1. The summed E-state index contributed by atoms with van der Waals surface area (Å²) >= 11 is 12.4. The molecule has 0 aromatic heterocycles. The number of halogens is 2. The summed E-state index contributed by atoms with van der Waals surface area (Å²) in [5, 5.41) is 14.9. The zero-order chi connectivity index (χ0) is 31.9. The lowest BCUT2D eigenvalue weighted by Crippen LogP contribution is -2.51. The van der Waals surface area contributed by atoms with Crippen LogP contribution in [-0.4, -0.2) is 56.3 Å². The van der Waals surface area contributed by atoms with Crippen LogP contribution in [0.5, 0.6) is 5.75 Å². The van der Waals surface area contributed by atoms with E-state index in [4.69, 9.17) is 27.9 Å². The molecule has 43 heavy (non-hydrogen) atoms. The molecule has 2 amide bonds. The Bertz CT molecular complexity index is 1620. The summed E-state index contributed by atoms with van der Waals surface area (Å²) in [5.74, 6) is -1.08. The molecule has 0 bridgehead atoms. The van der Waals surface area contributed by atoms with Crippen molar-refractivity contribution in [2.75, 3.05) is 24.5 Å². The minimum atomic E-state index is -4.62. The number of ether oxygens (including phenoxy) is 1. The lowest BCUT2D eigenvalue weighted by atomic mass is 10.1. The standard InChI is InChI=1S/C29H32Cl2N4O7S/c1-5-13-32-29(37)20(3)33(17-21-7-6-8-22(30)14-21)28(36)18-34(26-15-23(31)10-12-27(26)42-4)43(40,41)24-11-9-19(2)25(16-24)35(38)39/h6-12,14-16,20H,5,13,17-18H2,1-4H3,(H,32,37). The van der Waals surface area contributed by atoms with Crippen molar-refractivity contribution < 1.29 is 27.7 Å². The Morgan fingerprint density at radius 2 is 1.77 bits per heavy atom. The number of carbonyl (C=O) groups excluding carboxylic acids is 2. The number of carbonyl (C=O) groups is 2. The molecule has 14 heteroatoms. The summed E-state index contributed by atoms with van der Waals surface area (Å²) in [7, 11) is -3.30. The molecule has 3 aromatic carbocycles. The van der Waals surface area contributed by atoms with Crippen LogP contribution in [0.25, 0.3) is 0 Å². The third kappa shape index (κ3) is 8.15. The van der Waals surface area contributed by atoms with Crippen LogP contribution in [0.3, 0.4) is 0 Å². The van der Waals surface area contributed by atoms with Crippen LogP contribution in [0, 0.1) is 17.0 Å². The van der Waals surface area contributed by atoms with Crippen molar-refractivity contribution in [3.8, 4) is 5.75 Å². The highest BCUT2D eigenvalue weighted by Crippen LogP contribution is 2.36. The van der Waals surface area contributed by atoms with Gasteiger partial charge in [-0.1, -0.05) is 48.3 Å². The fraction of sp³-hybridized carbons (Fsp3) is 0.310. The highest BCUT2D eigenvalue weighted by Gasteiger charge is 2.35. The number of hydrogen-bond donors (Lipinski definition) is 1. The first-order chi connectivity index (χ1) is 20.3. The lowest BCUT2D eigenvalue weighted by molar-refractivity contribution is -0.385. The number of rotatable bonds is 13. The van der Waals surface area contributed by atoms with Gasteiger partial charge >= 0.3 is 0 Å². The van der Waals surface area contributed by atoms with Gasteiger partial charge in [-0.3, -0.25) is 24.0 Å². The normalized spacial score (nSPS) is 11.9. The molecule has 3 aromatic rings. The van der Waals surface area contributed by atoms with Gasteiger partial charge in [0.1, 0.15) is 18.3 Å². The Labute approximate surface area is 260 Å². The fourth-order valence-electron chi connectivity index (χ4n) is 4.26. The lowest BCUT2D eigenvalue weighted by Gasteiger charge is -2.32. The Kier molecular flexibility index (Phi) is 11.4. The molecule has 0 radical (unpaired) electrons. The van der Waals surface area contributed by atoms with E-state index in [1.54, 1.807) is 24.3 Å². The largest absolute Gasteiger partial charge is 0.495 e. The summed E-state index contributed by atoms with van der Waals surface area (Å²) in [6.45, 7) is 4.44. The number of methoxy groups -OCH3 is 1. The van der Waals surface area contributed by atoms with Gasteiger partial charge in [0.15, 0.2) is 0 Å². The third-order valence-electron chi connectivity index (χ3n) is 6.61. The van der Waals surface area contributed by atoms with E-state index >= 15 is 0 Å². The van der Waals surface area contributed by atoms with Crippen molar-refractivity contribution in [3.63, 3.8) is 0 Å². The maximum atomic E-state index is 14.1. The maximum Gasteiger partial charge on any atom is 0.273 e. The smallest absolute Gasteiger partial charge is 0.273 e. The van der Waals surface area contributed by atoms with E-state index < -0.39 is 49.9 Å². The molecule has 0 spiro atoms. The molecule has 1 N–H and O–H groups in total. The molecule has 11 nitrogen and oxygen atoms in total. The summed E-state index contributed by atoms with van der Waals surface area (Å²) in [5.41, 5.74) is 0.387. The molecule has 0 heterocycles. The van der Waals surface area contributed by atoms with Crippen molar-refractivity contribution in [1.29, 1.82) is 0 Å². The van der Waals surface area contributed by atoms with Gasteiger partial charge in [-0.2, -0.15) is 0 Å². The number of sulfonamides is 1. The molecule has 0 aliphatic rings. The maximum absolute atomic E-state index is 14.1. The molecule has 1 atom stereocenters. The number of amides is 2. The second-order valence-electron chi connectivity index (χ2n) is 9.65. The highest BCUT2D eigenvalue weighted by molar-refractivity contribution is 7.92. The summed E-state index contributed by atoms with van der Waals surface area (Å²) in [4.78, 5) is 38.8. The second kappa shape index (κ2) is 14.5. The van der Waals surface area contributed by atoms with Crippen molar-refractivity contribution >= 4 is 56.4 Å². The molecule has 0 saturated heterocycles. The minimum Gasteiger partial charge on any atom is -0.495 e. The molecule has 3 rings (SSSR count). The Morgan fingerprint density at radius 1 is 1.07 bits per heavy atom. The second-order valence-corrected chi connectivity index (χ2v) is 12.4. The minimum absolute atomic E-state index is 0.0589. The SMILES string of the molecule is CCCNC(=O)C(C)N(Cc1cccc(Cl)c1)C(=O)CN(c1cc(Cl)ccc1OC)S(=O)(=O)c1ccc(C)c([N+](=O)[O-])c1. The quantitative estimate of drug-likeness (QED) is 0.194. The molecular weight excluding hydrogens is 619 g/mol. The van der Waals surface area contributed by atoms with Crippen molar-refractivity contribution in [2.24, 2.45) is 0 Å². The number of nitro groups is 1. The molecule has 0 fully saturated rings. The van der Waals surface area contributed by atoms with E-state index in [0.29, 0.717) is 23.6 Å². The van der Waals surface area contributed by atoms with Gasteiger partial charge in [-0.25, -0.2) is 8.42 Å². The van der Waals surface area contributed by atoms with Gasteiger partial charge in [0, 0.05) is 34.8 Å². The van der Waals surface area contributed by atoms with Gasteiger partial charge in [0.25, 0.3) is 15.7 Å². The van der Waals surface area contributed by atoms with E-state index in [2.05, 4.69) is 5.32 Å². The van der Waals surface area contributed by atoms with Gasteiger partial charge in [-0.05, 0) is 62.2 Å². The van der Waals surface area contributed by atoms with Gasteiger partial charge in [0.05, 0.1) is 22.6 Å². The Balaban J connectivity index is 2.15. The van der Waals surface area contributed by atoms with E-state index in [0.717, 1.165) is 10.4 Å². The van der Waals surface area contributed by atoms with Gasteiger partial charge in [0.2, 0.25) is 11.8 Å². The first-order valence-corrected chi connectivity index (χ1v) is 15.4. The molecule has 1 unspecified atom stereocenters. The number of nitrogens with zero attached hydrogens (tertiary/aromatic N) is 3. The summed E-state index contributed by atoms with van der Waals surface area (Å²) in [6.07, 6.45) is 0.671. The average Bonchev–Trinajstić information content (AvgIpc) is 2.96. The molecule has 230 valence electrons. The van der Waals surface area contributed by atoms with Crippen molar-refractivity contribution in [1.82, 2.24) is 10.2 Å². The Hall–Kier alpha value is -3.87. The van der Waals surface area contributed by atoms with E-state index in [9.17, 15) is 28.1 Å². The van der Waals surface area contributed by atoms with Crippen LogP contribution in [0.2, 0.25) is 10.0 Å². The molecular formula is C29H32Cl2N4O7S. The zero-order valence-electron chi connectivity index (χ0n) is 24.0. The van der Waals surface area contributed by atoms with Crippen LogP contribution in [0.4, 0.5) is 11.4 Å². The summed E-state index contributed by atoms with van der Waals surface area (Å²) < 4.78 is 34.5. The monoisotopic (exact) mass is 650 g/mol. The van der Waals surface area contributed by atoms with Crippen LogP contribution in [-0.2, 0) is 26.2 Å². The summed E-state index contributed by atoms with van der Waals surface area (Å²) in [6, 6.07) is 13.4. The predicted molar refractivity (Wildman–Crippen MR) is 165 cm³/mol. The Morgan fingerprint density at radius 3 is 2.40 bits per heavy atom. The average molecular weight is 652 g/mol. The van der Waals surface area contributed by atoms with Crippen molar-refractivity contribution in [3.05, 3.63) is 92.0 Å². The molecule has 0 aliphatic carbocycles. The van der Waals surface area contributed by atoms with Gasteiger partial charge < -0.3 is 15.0 Å². The number of anilines is 1. The number of aryl methyl sites for hydroxylation is 1. The molecule has 0 saturated carbocycles. The van der Waals surface area contributed by atoms with Crippen LogP contribution in [0.15, 0.2) is 65.6 Å². The first kappa shape index (κ1) is 33.6. The van der Waals surface area contributed by atoms with Crippen LogP contribution in [0.1, 0.15) is 31.4 Å². The zero-order valence-corrected chi connectivity index (χ0v) is 26.4. The number of benzene rings is 3. The van der Waals surface area contributed by atoms with E-state index in [1.807, 2.05) is 6.92 Å². The highest BCUT2D eigenvalue weighted by atomic mass is 35.5.